The number of carbonyl (C=O) groups excluding carboxylic acids is 1. The van der Waals surface area contributed by atoms with E-state index < -0.39 is 11.5 Å². The molecule has 0 atom stereocenters. The first-order valence-corrected chi connectivity index (χ1v) is 3.99. The Bertz CT molecular complexity index is 367. The van der Waals surface area contributed by atoms with Crippen LogP contribution in [0.2, 0.25) is 0 Å². The molecule has 13 heavy (non-hydrogen) atoms. The SMILES string of the molecule is CCc1cc[nH]c(=O)c1C(=O)OC. The van der Waals surface area contributed by atoms with Crippen molar-refractivity contribution in [2.75, 3.05) is 7.11 Å². The summed E-state index contributed by atoms with van der Waals surface area (Å²) in [6.07, 6.45) is 2.15. The molecule has 0 aliphatic carbocycles. The predicted molar refractivity (Wildman–Crippen MR) is 47.8 cm³/mol. The third-order valence-electron chi connectivity index (χ3n) is 1.82. The van der Waals surface area contributed by atoms with Crippen molar-refractivity contribution in [3.8, 4) is 0 Å². The van der Waals surface area contributed by atoms with Crippen LogP contribution in [-0.2, 0) is 11.2 Å². The zero-order valence-corrected chi connectivity index (χ0v) is 7.59. The molecule has 0 aliphatic heterocycles. The molecule has 1 heterocycles. The summed E-state index contributed by atoms with van der Waals surface area (Å²) in [6.45, 7) is 1.88. The summed E-state index contributed by atoms with van der Waals surface area (Å²) in [4.78, 5) is 24.8. The standard InChI is InChI=1S/C9H11NO3/c1-3-6-4-5-10-8(11)7(6)9(12)13-2/h4-5H,3H2,1-2H3,(H,10,11). The molecule has 1 aromatic heterocycles. The van der Waals surface area contributed by atoms with Gasteiger partial charge in [-0.05, 0) is 18.1 Å². The van der Waals surface area contributed by atoms with Gasteiger partial charge in [-0.3, -0.25) is 4.79 Å². The Morgan fingerprint density at radius 2 is 2.31 bits per heavy atom. The molecule has 0 saturated carbocycles. The zero-order valence-electron chi connectivity index (χ0n) is 7.59. The Kier molecular flexibility index (Phi) is 2.84. The fourth-order valence-corrected chi connectivity index (χ4v) is 1.14. The molecule has 1 aromatic rings. The van der Waals surface area contributed by atoms with Crippen LogP contribution in [0.15, 0.2) is 17.1 Å². The number of ether oxygens (including phenoxy) is 1. The number of H-pyrrole nitrogens is 1. The molecule has 0 aromatic carbocycles. The Labute approximate surface area is 75.5 Å². The summed E-state index contributed by atoms with van der Waals surface area (Å²) in [5, 5.41) is 0. The van der Waals surface area contributed by atoms with Gasteiger partial charge >= 0.3 is 5.97 Å². The van der Waals surface area contributed by atoms with Gasteiger partial charge < -0.3 is 9.72 Å². The van der Waals surface area contributed by atoms with Crippen molar-refractivity contribution in [3.63, 3.8) is 0 Å². The normalized spacial score (nSPS) is 9.69. The van der Waals surface area contributed by atoms with Gasteiger partial charge in [0.25, 0.3) is 5.56 Å². The Hall–Kier alpha value is -1.58. The summed E-state index contributed by atoms with van der Waals surface area (Å²) in [5.41, 5.74) is 0.411. The van der Waals surface area contributed by atoms with Gasteiger partial charge in [0, 0.05) is 6.20 Å². The van der Waals surface area contributed by atoms with Crippen molar-refractivity contribution >= 4 is 5.97 Å². The number of hydrogen-bond acceptors (Lipinski definition) is 3. The van der Waals surface area contributed by atoms with Crippen molar-refractivity contribution < 1.29 is 9.53 Å². The molecule has 4 nitrogen and oxygen atoms in total. The van der Waals surface area contributed by atoms with Crippen LogP contribution in [0.5, 0.6) is 0 Å². The largest absolute Gasteiger partial charge is 0.465 e. The number of pyridine rings is 1. The van der Waals surface area contributed by atoms with Gasteiger partial charge in [0.05, 0.1) is 7.11 Å². The van der Waals surface area contributed by atoms with E-state index in [0.717, 1.165) is 0 Å². The maximum Gasteiger partial charge on any atom is 0.343 e. The van der Waals surface area contributed by atoms with Gasteiger partial charge in [-0.15, -0.1) is 0 Å². The average molecular weight is 181 g/mol. The van der Waals surface area contributed by atoms with Crippen molar-refractivity contribution in [1.29, 1.82) is 0 Å². The molecule has 1 rings (SSSR count). The summed E-state index contributed by atoms with van der Waals surface area (Å²) in [5.74, 6) is -0.585. The van der Waals surface area contributed by atoms with Crippen LogP contribution in [0.25, 0.3) is 0 Å². The van der Waals surface area contributed by atoms with Crippen LogP contribution in [0, 0.1) is 0 Å². The highest BCUT2D eigenvalue weighted by Crippen LogP contribution is 2.04. The van der Waals surface area contributed by atoms with Gasteiger partial charge in [-0.2, -0.15) is 0 Å². The van der Waals surface area contributed by atoms with Crippen LogP contribution < -0.4 is 5.56 Å². The first kappa shape index (κ1) is 9.51. The Morgan fingerprint density at radius 1 is 1.62 bits per heavy atom. The molecular formula is C9H11NO3. The summed E-state index contributed by atoms with van der Waals surface area (Å²) in [7, 11) is 1.26. The monoisotopic (exact) mass is 181 g/mol. The molecule has 70 valence electrons. The van der Waals surface area contributed by atoms with Crippen LogP contribution in [-0.4, -0.2) is 18.1 Å². The lowest BCUT2D eigenvalue weighted by Crippen LogP contribution is -2.20. The van der Waals surface area contributed by atoms with E-state index in [-0.39, 0.29) is 5.56 Å². The van der Waals surface area contributed by atoms with E-state index in [1.165, 1.54) is 13.3 Å². The first-order chi connectivity index (χ1) is 6.20. The van der Waals surface area contributed by atoms with Crippen molar-refractivity contribution in [3.05, 3.63) is 33.7 Å². The quantitative estimate of drug-likeness (QED) is 0.684. The van der Waals surface area contributed by atoms with E-state index in [1.807, 2.05) is 6.92 Å². The van der Waals surface area contributed by atoms with Gasteiger partial charge in [0.2, 0.25) is 0 Å². The third kappa shape index (κ3) is 1.77. The number of nitrogens with one attached hydrogen (secondary N) is 1. The minimum Gasteiger partial charge on any atom is -0.465 e. The number of hydrogen-bond donors (Lipinski definition) is 1. The first-order valence-electron chi connectivity index (χ1n) is 3.99. The van der Waals surface area contributed by atoms with Crippen molar-refractivity contribution in [2.45, 2.75) is 13.3 Å². The molecule has 0 fully saturated rings. The lowest BCUT2D eigenvalue weighted by atomic mass is 10.1. The van der Waals surface area contributed by atoms with Crippen molar-refractivity contribution in [2.24, 2.45) is 0 Å². The number of methoxy groups -OCH3 is 1. The molecule has 0 aliphatic rings. The number of aryl methyl sites for hydroxylation is 1. The summed E-state index contributed by atoms with van der Waals surface area (Å²) >= 11 is 0. The fourth-order valence-electron chi connectivity index (χ4n) is 1.14. The second-order valence-corrected chi connectivity index (χ2v) is 2.55. The lowest BCUT2D eigenvalue weighted by molar-refractivity contribution is 0.0597. The van der Waals surface area contributed by atoms with Crippen LogP contribution in [0.1, 0.15) is 22.8 Å². The van der Waals surface area contributed by atoms with Crippen LogP contribution in [0.3, 0.4) is 0 Å². The maximum atomic E-state index is 11.2. The number of rotatable bonds is 2. The van der Waals surface area contributed by atoms with E-state index in [1.54, 1.807) is 6.07 Å². The molecule has 0 spiro atoms. The topological polar surface area (TPSA) is 59.2 Å². The Morgan fingerprint density at radius 3 is 2.85 bits per heavy atom. The van der Waals surface area contributed by atoms with E-state index in [4.69, 9.17) is 0 Å². The number of aromatic nitrogens is 1. The highest BCUT2D eigenvalue weighted by molar-refractivity contribution is 5.90. The van der Waals surface area contributed by atoms with Gasteiger partial charge in [-0.25, -0.2) is 4.79 Å². The van der Waals surface area contributed by atoms with Gasteiger partial charge in [0.15, 0.2) is 0 Å². The molecular weight excluding hydrogens is 170 g/mol. The van der Waals surface area contributed by atoms with Crippen LogP contribution >= 0.6 is 0 Å². The van der Waals surface area contributed by atoms with E-state index in [9.17, 15) is 9.59 Å². The highest BCUT2D eigenvalue weighted by Gasteiger charge is 2.14. The number of carbonyl (C=O) groups is 1. The van der Waals surface area contributed by atoms with E-state index in [2.05, 4.69) is 9.72 Å². The minimum absolute atomic E-state index is 0.104. The van der Waals surface area contributed by atoms with E-state index >= 15 is 0 Å². The van der Waals surface area contributed by atoms with Crippen LogP contribution in [0.4, 0.5) is 0 Å². The molecule has 0 bridgehead atoms. The van der Waals surface area contributed by atoms with Gasteiger partial charge in [-0.1, -0.05) is 6.92 Å². The molecule has 4 heteroatoms. The number of esters is 1. The second-order valence-electron chi connectivity index (χ2n) is 2.55. The average Bonchev–Trinajstić information content (AvgIpc) is 2.16. The number of aromatic amines is 1. The lowest BCUT2D eigenvalue weighted by Gasteiger charge is -2.02. The molecule has 0 radical (unpaired) electrons. The fraction of sp³-hybridized carbons (Fsp3) is 0.333. The van der Waals surface area contributed by atoms with Gasteiger partial charge in [0.1, 0.15) is 5.56 Å². The predicted octanol–water partition coefficient (Wildman–Crippen LogP) is 0.724. The second kappa shape index (κ2) is 3.89. The summed E-state index contributed by atoms with van der Waals surface area (Å²) < 4.78 is 4.50. The van der Waals surface area contributed by atoms with Crippen molar-refractivity contribution in [1.82, 2.24) is 4.98 Å². The molecule has 0 unspecified atom stereocenters. The highest BCUT2D eigenvalue weighted by atomic mass is 16.5. The molecule has 1 N–H and O–H groups in total. The minimum atomic E-state index is -0.585. The summed E-state index contributed by atoms with van der Waals surface area (Å²) in [6, 6.07) is 1.70. The Balaban J connectivity index is 3.31. The smallest absolute Gasteiger partial charge is 0.343 e. The molecule has 0 amide bonds. The zero-order chi connectivity index (χ0) is 9.84. The maximum absolute atomic E-state index is 11.2. The third-order valence-corrected chi connectivity index (χ3v) is 1.82. The molecule has 0 saturated heterocycles. The van der Waals surface area contributed by atoms with E-state index in [0.29, 0.717) is 12.0 Å².